The second kappa shape index (κ2) is 11.2. The first kappa shape index (κ1) is 26.3. The van der Waals surface area contributed by atoms with Crippen LogP contribution in [0.5, 0.6) is 0 Å². The number of ether oxygens (including phenoxy) is 3. The molecule has 2 aromatic heterocycles. The lowest BCUT2D eigenvalue weighted by atomic mass is 10.0. The fourth-order valence-electron chi connectivity index (χ4n) is 4.94. The van der Waals surface area contributed by atoms with Crippen molar-refractivity contribution in [2.75, 3.05) is 49.0 Å². The summed E-state index contributed by atoms with van der Waals surface area (Å²) in [6.07, 6.45) is 2.78. The number of nitrogens with zero attached hydrogens (tertiary/aromatic N) is 5. The molecule has 0 aromatic carbocycles. The zero-order valence-electron chi connectivity index (χ0n) is 21.7. The number of aromatic nitrogens is 2. The summed E-state index contributed by atoms with van der Waals surface area (Å²) in [6, 6.07) is 4.79. The number of carbonyl (C=O) groups excluding carboxylic acids is 3. The number of nitriles is 1. The lowest BCUT2D eigenvalue weighted by molar-refractivity contribution is 0.0795. The van der Waals surface area contributed by atoms with Crippen LogP contribution >= 0.6 is 0 Å². The van der Waals surface area contributed by atoms with Crippen LogP contribution in [0, 0.1) is 11.3 Å². The maximum atomic E-state index is 13.3. The summed E-state index contributed by atoms with van der Waals surface area (Å²) in [6.45, 7) is 3.62. The minimum atomic E-state index is -0.466. The van der Waals surface area contributed by atoms with E-state index < -0.39 is 12.1 Å². The van der Waals surface area contributed by atoms with E-state index in [1.165, 1.54) is 11.1 Å². The van der Waals surface area contributed by atoms with Crippen LogP contribution in [-0.4, -0.2) is 84.9 Å². The summed E-state index contributed by atoms with van der Waals surface area (Å²) < 4.78 is 16.0. The monoisotopic (exact) mass is 535 g/mol. The van der Waals surface area contributed by atoms with E-state index in [2.05, 4.69) is 26.7 Å². The smallest absolute Gasteiger partial charge is 0.410 e. The number of anilines is 3. The minimum absolute atomic E-state index is 0.115. The molecule has 204 valence electrons. The molecule has 0 bridgehead atoms. The number of aldehydes is 1. The van der Waals surface area contributed by atoms with Crippen molar-refractivity contribution in [3.05, 3.63) is 40.7 Å². The van der Waals surface area contributed by atoms with Gasteiger partial charge in [0, 0.05) is 31.5 Å². The van der Waals surface area contributed by atoms with Crippen LogP contribution in [0.15, 0.2) is 18.3 Å². The number of aryl methyl sites for hydroxylation is 1. The van der Waals surface area contributed by atoms with Gasteiger partial charge in [0.25, 0.3) is 0 Å². The van der Waals surface area contributed by atoms with E-state index in [0.29, 0.717) is 68.1 Å². The van der Waals surface area contributed by atoms with Crippen molar-refractivity contribution >= 4 is 35.7 Å². The Kier molecular flexibility index (Phi) is 7.58. The Bertz CT molecular complexity index is 1330. The largest absolute Gasteiger partial charge is 0.447 e. The van der Waals surface area contributed by atoms with Gasteiger partial charge in [-0.2, -0.15) is 5.26 Å². The first-order valence-corrected chi connectivity index (χ1v) is 12.7. The van der Waals surface area contributed by atoms with Crippen LogP contribution in [0.25, 0.3) is 0 Å². The predicted octanol–water partition coefficient (Wildman–Crippen LogP) is 2.31. The van der Waals surface area contributed by atoms with Gasteiger partial charge < -0.3 is 19.5 Å². The summed E-state index contributed by atoms with van der Waals surface area (Å²) in [5.41, 5.74) is 2.39. The molecule has 2 aromatic rings. The molecule has 3 amide bonds. The van der Waals surface area contributed by atoms with Gasteiger partial charge >= 0.3 is 12.1 Å². The number of nitrogens with one attached hydrogen (secondary N) is 2. The van der Waals surface area contributed by atoms with E-state index in [9.17, 15) is 19.6 Å². The number of cyclic esters (lactones) is 1. The predicted molar refractivity (Wildman–Crippen MR) is 139 cm³/mol. The van der Waals surface area contributed by atoms with Gasteiger partial charge in [-0.25, -0.2) is 19.6 Å². The third-order valence-corrected chi connectivity index (χ3v) is 7.12. The average Bonchev–Trinajstić information content (AvgIpc) is 3.53. The first-order chi connectivity index (χ1) is 18.9. The number of rotatable bonds is 7. The molecule has 39 heavy (non-hydrogen) atoms. The second-order valence-electron chi connectivity index (χ2n) is 9.66. The molecule has 2 saturated heterocycles. The van der Waals surface area contributed by atoms with Crippen molar-refractivity contribution in [2.45, 2.75) is 44.5 Å². The lowest BCUT2D eigenvalue weighted by Gasteiger charge is -2.29. The normalized spacial score (nSPS) is 22.2. The molecule has 13 nitrogen and oxygen atoms in total. The minimum Gasteiger partial charge on any atom is -0.447 e. The fraction of sp³-hybridized carbons (Fsp3) is 0.462. The standard InChI is InChI=1S/C26H29N7O6/c1-15-12-39-26(36)33(15)10-17-6-16-4-3-5-32(24(16)30-20(17)11-34)25(35)31-23-7-19(18(8-27)9-28-23)29-21-13-38-14-22(21)37-2/h6-7,9,11,15,21-22H,3-5,10,12-14H2,1-2H3,(H2,28,29,31,35)/t15?,21?,22-/m0/s1. The summed E-state index contributed by atoms with van der Waals surface area (Å²) in [5.74, 6) is 0.634. The quantitative estimate of drug-likeness (QED) is 0.504. The van der Waals surface area contributed by atoms with Crippen LogP contribution < -0.4 is 15.5 Å². The van der Waals surface area contributed by atoms with E-state index >= 15 is 0 Å². The Morgan fingerprint density at radius 2 is 2.18 bits per heavy atom. The van der Waals surface area contributed by atoms with E-state index in [-0.39, 0.29) is 36.2 Å². The first-order valence-electron chi connectivity index (χ1n) is 12.7. The third-order valence-electron chi connectivity index (χ3n) is 7.12. The van der Waals surface area contributed by atoms with Gasteiger partial charge in [-0.3, -0.25) is 19.9 Å². The molecule has 3 atom stereocenters. The molecular formula is C26H29N7O6. The second-order valence-corrected chi connectivity index (χ2v) is 9.66. The third kappa shape index (κ3) is 5.34. The van der Waals surface area contributed by atoms with E-state index in [1.807, 2.05) is 13.0 Å². The molecule has 0 aliphatic carbocycles. The van der Waals surface area contributed by atoms with Gasteiger partial charge in [-0.15, -0.1) is 0 Å². The summed E-state index contributed by atoms with van der Waals surface area (Å²) in [4.78, 5) is 49.1. The number of amides is 3. The van der Waals surface area contributed by atoms with Gasteiger partial charge in [-0.05, 0) is 31.4 Å². The van der Waals surface area contributed by atoms with E-state index in [4.69, 9.17) is 14.2 Å². The molecule has 0 saturated carbocycles. The van der Waals surface area contributed by atoms with Crippen molar-refractivity contribution in [3.63, 3.8) is 0 Å². The molecule has 2 unspecified atom stereocenters. The zero-order valence-corrected chi connectivity index (χ0v) is 21.7. The molecule has 5 rings (SSSR count). The van der Waals surface area contributed by atoms with Gasteiger partial charge in [0.15, 0.2) is 6.29 Å². The number of fused-ring (bicyclic) bond motifs is 1. The van der Waals surface area contributed by atoms with E-state index in [0.717, 1.165) is 5.56 Å². The van der Waals surface area contributed by atoms with Crippen molar-refractivity contribution in [2.24, 2.45) is 0 Å². The number of carbonyl (C=O) groups is 3. The number of hydrogen-bond acceptors (Lipinski definition) is 10. The van der Waals surface area contributed by atoms with Gasteiger partial charge in [-0.1, -0.05) is 0 Å². The highest BCUT2D eigenvalue weighted by Crippen LogP contribution is 2.30. The van der Waals surface area contributed by atoms with Crippen LogP contribution in [0.3, 0.4) is 0 Å². The highest BCUT2D eigenvalue weighted by molar-refractivity contribution is 6.01. The topological polar surface area (TPSA) is 159 Å². The number of hydrogen-bond donors (Lipinski definition) is 2. The Labute approximate surface area is 225 Å². The molecule has 0 spiro atoms. The Balaban J connectivity index is 1.36. The molecule has 0 radical (unpaired) electrons. The lowest BCUT2D eigenvalue weighted by Crippen LogP contribution is -2.40. The summed E-state index contributed by atoms with van der Waals surface area (Å²) in [7, 11) is 1.60. The van der Waals surface area contributed by atoms with Crippen LogP contribution in [0.4, 0.5) is 26.9 Å². The number of methoxy groups -OCH3 is 1. The summed E-state index contributed by atoms with van der Waals surface area (Å²) in [5, 5.41) is 15.6. The van der Waals surface area contributed by atoms with Crippen LogP contribution in [0.1, 0.15) is 40.5 Å². The Morgan fingerprint density at radius 1 is 1.33 bits per heavy atom. The molecule has 3 aliphatic heterocycles. The van der Waals surface area contributed by atoms with Gasteiger partial charge in [0.05, 0.1) is 43.1 Å². The van der Waals surface area contributed by atoms with Crippen molar-refractivity contribution in [1.29, 1.82) is 5.26 Å². The SMILES string of the molecule is CO[C@H]1COCC1Nc1cc(NC(=O)N2CCCc3cc(CN4C(=O)OCC4C)c(C=O)nc32)ncc1C#N. The summed E-state index contributed by atoms with van der Waals surface area (Å²) >= 11 is 0. The Morgan fingerprint density at radius 3 is 2.90 bits per heavy atom. The molecule has 5 heterocycles. The maximum absolute atomic E-state index is 13.3. The molecule has 3 aliphatic rings. The van der Waals surface area contributed by atoms with Crippen molar-refractivity contribution < 1.29 is 28.6 Å². The highest BCUT2D eigenvalue weighted by Gasteiger charge is 2.32. The molecule has 2 fully saturated rings. The molecule has 13 heteroatoms. The average molecular weight is 536 g/mol. The highest BCUT2D eigenvalue weighted by atomic mass is 16.6. The molecule has 2 N–H and O–H groups in total. The maximum Gasteiger partial charge on any atom is 0.410 e. The zero-order chi connectivity index (χ0) is 27.5. The number of pyridine rings is 2. The fourth-order valence-corrected chi connectivity index (χ4v) is 4.94. The Hall–Kier alpha value is -4.28. The van der Waals surface area contributed by atoms with Gasteiger partial charge in [0.1, 0.15) is 36.1 Å². The van der Waals surface area contributed by atoms with Crippen molar-refractivity contribution in [1.82, 2.24) is 14.9 Å². The van der Waals surface area contributed by atoms with Crippen LogP contribution in [-0.2, 0) is 27.2 Å². The molecular weight excluding hydrogens is 506 g/mol. The number of urea groups is 1. The van der Waals surface area contributed by atoms with E-state index in [1.54, 1.807) is 18.1 Å². The van der Waals surface area contributed by atoms with Crippen molar-refractivity contribution in [3.8, 4) is 6.07 Å². The van der Waals surface area contributed by atoms with Gasteiger partial charge in [0.2, 0.25) is 0 Å². The van der Waals surface area contributed by atoms with Crippen LogP contribution in [0.2, 0.25) is 0 Å².